The first-order valence-corrected chi connectivity index (χ1v) is 9.53. The average molecular weight is 378 g/mol. The summed E-state index contributed by atoms with van der Waals surface area (Å²) in [7, 11) is 0. The number of hydrogen-bond donors (Lipinski definition) is 1. The first kappa shape index (κ1) is 17.5. The number of amides is 1. The Labute approximate surface area is 161 Å². The van der Waals surface area contributed by atoms with Gasteiger partial charge in [0.15, 0.2) is 0 Å². The number of anilines is 1. The molecule has 4 rings (SSSR count). The minimum absolute atomic E-state index is 0.0795. The number of rotatable bonds is 5. The molecule has 1 aliphatic rings. The number of hydrogen-bond acceptors (Lipinski definition) is 6. The summed E-state index contributed by atoms with van der Waals surface area (Å²) < 4.78 is 5.34. The Morgan fingerprint density at radius 3 is 2.89 bits per heavy atom. The second-order valence-electron chi connectivity index (χ2n) is 6.10. The van der Waals surface area contributed by atoms with Crippen LogP contribution in [0.25, 0.3) is 16.8 Å². The lowest BCUT2D eigenvalue weighted by atomic mass is 10.0. The van der Waals surface area contributed by atoms with Crippen LogP contribution in [0.3, 0.4) is 0 Å². The lowest BCUT2D eigenvalue weighted by Crippen LogP contribution is -2.14. The van der Waals surface area contributed by atoms with Crippen LogP contribution in [0.4, 0.5) is 5.82 Å². The van der Waals surface area contributed by atoms with Crippen molar-refractivity contribution >= 4 is 28.6 Å². The molecule has 27 heavy (non-hydrogen) atoms. The van der Waals surface area contributed by atoms with Crippen LogP contribution in [-0.4, -0.2) is 34.1 Å². The minimum atomic E-state index is -0.0795. The number of thiophene rings is 1. The van der Waals surface area contributed by atoms with Crippen molar-refractivity contribution in [1.29, 1.82) is 0 Å². The fourth-order valence-corrected chi connectivity index (χ4v) is 3.75. The number of pyridine rings is 1. The molecule has 136 valence electrons. The summed E-state index contributed by atoms with van der Waals surface area (Å²) in [6, 6.07) is 5.73. The highest BCUT2D eigenvalue weighted by molar-refractivity contribution is 7.10. The molecule has 7 heteroatoms. The maximum Gasteiger partial charge on any atom is 0.230 e. The van der Waals surface area contributed by atoms with Gasteiger partial charge in [-0.1, -0.05) is 6.08 Å². The summed E-state index contributed by atoms with van der Waals surface area (Å²) in [5.41, 5.74) is 4.09. The molecule has 1 amide bonds. The highest BCUT2D eigenvalue weighted by Crippen LogP contribution is 2.26. The number of aromatic nitrogens is 3. The average Bonchev–Trinajstić information content (AvgIpc) is 3.18. The van der Waals surface area contributed by atoms with Gasteiger partial charge in [0, 0.05) is 29.0 Å². The van der Waals surface area contributed by atoms with Crippen LogP contribution in [0.5, 0.6) is 0 Å². The van der Waals surface area contributed by atoms with Crippen LogP contribution in [0, 0.1) is 0 Å². The fraction of sp³-hybridized carbons (Fsp3) is 0.200. The summed E-state index contributed by atoms with van der Waals surface area (Å²) in [5.74, 6) is 0.445. The van der Waals surface area contributed by atoms with Crippen molar-refractivity contribution < 1.29 is 9.53 Å². The molecule has 0 aromatic carbocycles. The Morgan fingerprint density at radius 1 is 1.19 bits per heavy atom. The summed E-state index contributed by atoms with van der Waals surface area (Å²) in [4.78, 5) is 25.9. The molecule has 0 saturated heterocycles. The van der Waals surface area contributed by atoms with Gasteiger partial charge in [-0.05, 0) is 41.1 Å². The van der Waals surface area contributed by atoms with Crippen LogP contribution in [0.1, 0.15) is 16.9 Å². The van der Waals surface area contributed by atoms with Crippen LogP contribution in [0.2, 0.25) is 0 Å². The molecule has 4 heterocycles. The second kappa shape index (κ2) is 8.20. The standard InChI is InChI=1S/C20H18N4O2S/c25-20(10-17-9-16(13-27-17)14-3-7-26-8-4-14)24-19-2-1-15(11-23-19)18-12-21-5-6-22-18/h1-3,5-6,9,11-13H,4,7-8,10H2,(H,23,24,25). The number of ether oxygens (including phenoxy) is 1. The van der Waals surface area contributed by atoms with Gasteiger partial charge in [-0.15, -0.1) is 11.3 Å². The third kappa shape index (κ3) is 4.45. The van der Waals surface area contributed by atoms with E-state index < -0.39 is 0 Å². The predicted octanol–water partition coefficient (Wildman–Crippen LogP) is 3.59. The SMILES string of the molecule is O=C(Cc1cc(C2=CCOCC2)cs1)Nc1ccc(-c2cnccn2)cn1. The van der Waals surface area contributed by atoms with E-state index in [-0.39, 0.29) is 5.91 Å². The topological polar surface area (TPSA) is 77.0 Å². The lowest BCUT2D eigenvalue weighted by molar-refractivity contribution is -0.115. The number of nitrogens with one attached hydrogen (secondary N) is 1. The van der Waals surface area contributed by atoms with Gasteiger partial charge in [-0.3, -0.25) is 14.8 Å². The highest BCUT2D eigenvalue weighted by atomic mass is 32.1. The van der Waals surface area contributed by atoms with Crippen molar-refractivity contribution in [2.45, 2.75) is 12.8 Å². The van der Waals surface area contributed by atoms with Crippen molar-refractivity contribution in [3.63, 3.8) is 0 Å². The van der Waals surface area contributed by atoms with E-state index in [0.29, 0.717) is 18.8 Å². The van der Waals surface area contributed by atoms with Crippen molar-refractivity contribution in [2.24, 2.45) is 0 Å². The van der Waals surface area contributed by atoms with Crippen molar-refractivity contribution in [3.8, 4) is 11.3 Å². The van der Waals surface area contributed by atoms with Gasteiger partial charge in [0.25, 0.3) is 0 Å². The van der Waals surface area contributed by atoms with Crippen molar-refractivity contribution in [2.75, 3.05) is 18.5 Å². The highest BCUT2D eigenvalue weighted by Gasteiger charge is 2.11. The summed E-state index contributed by atoms with van der Waals surface area (Å²) >= 11 is 1.60. The quantitative estimate of drug-likeness (QED) is 0.734. The van der Waals surface area contributed by atoms with Crippen LogP contribution in [-0.2, 0) is 16.0 Å². The first-order chi connectivity index (χ1) is 13.3. The Kier molecular flexibility index (Phi) is 5.32. The molecule has 0 unspecified atom stereocenters. The van der Waals surface area contributed by atoms with E-state index in [2.05, 4.69) is 37.8 Å². The van der Waals surface area contributed by atoms with Crippen LogP contribution < -0.4 is 5.32 Å². The lowest BCUT2D eigenvalue weighted by Gasteiger charge is -2.11. The third-order valence-corrected chi connectivity index (χ3v) is 5.15. The Morgan fingerprint density at radius 2 is 2.15 bits per heavy atom. The molecule has 1 aliphatic heterocycles. The first-order valence-electron chi connectivity index (χ1n) is 8.65. The van der Waals surface area contributed by atoms with E-state index in [0.717, 1.165) is 29.2 Å². The second-order valence-corrected chi connectivity index (χ2v) is 7.10. The zero-order valence-corrected chi connectivity index (χ0v) is 15.4. The molecule has 3 aromatic rings. The Bertz CT molecular complexity index is 952. The molecule has 0 spiro atoms. The normalized spacial score (nSPS) is 13.9. The molecule has 0 saturated carbocycles. The molecular formula is C20H18N4O2S. The summed E-state index contributed by atoms with van der Waals surface area (Å²) in [6.07, 6.45) is 9.99. The maximum absolute atomic E-state index is 12.3. The van der Waals surface area contributed by atoms with Crippen LogP contribution in [0.15, 0.2) is 54.4 Å². The Balaban J connectivity index is 1.37. The molecule has 0 bridgehead atoms. The van der Waals surface area contributed by atoms with E-state index >= 15 is 0 Å². The molecule has 0 aliphatic carbocycles. The zero-order chi connectivity index (χ0) is 18.5. The van der Waals surface area contributed by atoms with E-state index in [9.17, 15) is 4.79 Å². The molecule has 6 nitrogen and oxygen atoms in total. The van der Waals surface area contributed by atoms with Gasteiger partial charge in [-0.25, -0.2) is 4.98 Å². The molecule has 3 aromatic heterocycles. The number of nitrogens with zero attached hydrogens (tertiary/aromatic N) is 3. The molecule has 0 radical (unpaired) electrons. The number of carbonyl (C=O) groups is 1. The molecule has 1 N–H and O–H groups in total. The van der Waals surface area contributed by atoms with E-state index in [1.807, 2.05) is 6.07 Å². The van der Waals surface area contributed by atoms with E-state index in [4.69, 9.17) is 4.74 Å². The van der Waals surface area contributed by atoms with Gasteiger partial charge in [0.05, 0.1) is 31.5 Å². The van der Waals surface area contributed by atoms with Gasteiger partial charge in [0.2, 0.25) is 5.91 Å². The van der Waals surface area contributed by atoms with Crippen molar-refractivity contribution in [1.82, 2.24) is 15.0 Å². The van der Waals surface area contributed by atoms with Gasteiger partial charge < -0.3 is 10.1 Å². The molecule has 0 fully saturated rings. The largest absolute Gasteiger partial charge is 0.377 e. The molecule has 0 atom stereocenters. The smallest absolute Gasteiger partial charge is 0.230 e. The third-order valence-electron chi connectivity index (χ3n) is 4.21. The zero-order valence-electron chi connectivity index (χ0n) is 14.6. The van der Waals surface area contributed by atoms with Gasteiger partial charge >= 0.3 is 0 Å². The van der Waals surface area contributed by atoms with Gasteiger partial charge in [-0.2, -0.15) is 0 Å². The van der Waals surface area contributed by atoms with Gasteiger partial charge in [0.1, 0.15) is 5.82 Å². The minimum Gasteiger partial charge on any atom is -0.377 e. The maximum atomic E-state index is 12.3. The monoisotopic (exact) mass is 378 g/mol. The summed E-state index contributed by atoms with van der Waals surface area (Å²) in [6.45, 7) is 1.42. The Hall–Kier alpha value is -2.90. The van der Waals surface area contributed by atoms with E-state index in [1.54, 1.807) is 42.2 Å². The van der Waals surface area contributed by atoms with E-state index in [1.165, 1.54) is 11.1 Å². The number of carbonyl (C=O) groups excluding carboxylic acids is 1. The van der Waals surface area contributed by atoms with Crippen LogP contribution >= 0.6 is 11.3 Å². The fourth-order valence-electron chi connectivity index (χ4n) is 2.84. The predicted molar refractivity (Wildman–Crippen MR) is 105 cm³/mol. The van der Waals surface area contributed by atoms with Crippen molar-refractivity contribution in [3.05, 3.63) is 64.9 Å². The summed E-state index contributed by atoms with van der Waals surface area (Å²) in [5, 5.41) is 4.95. The molecular weight excluding hydrogens is 360 g/mol.